The maximum atomic E-state index is 11.5. The fourth-order valence-corrected chi connectivity index (χ4v) is 2.50. The summed E-state index contributed by atoms with van der Waals surface area (Å²) in [5.41, 5.74) is 0.489. The van der Waals surface area contributed by atoms with Gasteiger partial charge in [-0.25, -0.2) is 4.79 Å². The number of carbonyl (C=O) groups is 1. The Balaban J connectivity index is 2.08. The molecule has 0 amide bonds. The number of benzene rings is 1. The van der Waals surface area contributed by atoms with Gasteiger partial charge in [0.05, 0.1) is 5.69 Å². The molecule has 0 saturated heterocycles. The van der Waals surface area contributed by atoms with Crippen LogP contribution in [0.25, 0.3) is 11.3 Å². The quantitative estimate of drug-likeness (QED) is 0.829. The van der Waals surface area contributed by atoms with Crippen LogP contribution in [0.15, 0.2) is 54.1 Å². The number of hydrogen-bond acceptors (Lipinski definition) is 5. The van der Waals surface area contributed by atoms with E-state index >= 15 is 0 Å². The zero-order valence-corrected chi connectivity index (χ0v) is 12.3. The standard InChI is InChI=1S/C16H12ClNO4/c1-16(14(20)13(19)15(21)22-16)10-4-2-3-9(7-10)12-8-11(17)5-6-18-12/h2-8,19-20H,1H3. The smallest absolute Gasteiger partial charge is 0.378 e. The second-order valence-corrected chi connectivity index (χ2v) is 5.50. The molecule has 1 atom stereocenters. The summed E-state index contributed by atoms with van der Waals surface area (Å²) in [5.74, 6) is -2.23. The van der Waals surface area contributed by atoms with Gasteiger partial charge in [-0.3, -0.25) is 4.98 Å². The fraction of sp³-hybridized carbons (Fsp3) is 0.125. The summed E-state index contributed by atoms with van der Waals surface area (Å²) in [6.07, 6.45) is 1.59. The Morgan fingerprint density at radius 1 is 1.23 bits per heavy atom. The predicted molar refractivity (Wildman–Crippen MR) is 80.4 cm³/mol. The second-order valence-electron chi connectivity index (χ2n) is 5.06. The number of esters is 1. The SMILES string of the molecule is CC1(c2cccc(-c3cc(Cl)ccn3)c2)OC(=O)C(O)=C1O. The van der Waals surface area contributed by atoms with Crippen molar-refractivity contribution in [1.29, 1.82) is 0 Å². The summed E-state index contributed by atoms with van der Waals surface area (Å²) in [6, 6.07) is 10.4. The van der Waals surface area contributed by atoms with Gasteiger partial charge < -0.3 is 14.9 Å². The van der Waals surface area contributed by atoms with Gasteiger partial charge in [0, 0.05) is 22.3 Å². The van der Waals surface area contributed by atoms with E-state index < -0.39 is 23.1 Å². The molecule has 1 aromatic carbocycles. The lowest BCUT2D eigenvalue weighted by Crippen LogP contribution is -2.25. The first kappa shape index (κ1) is 14.4. The first-order valence-corrected chi connectivity index (χ1v) is 6.88. The molecular weight excluding hydrogens is 306 g/mol. The van der Waals surface area contributed by atoms with Crippen molar-refractivity contribution < 1.29 is 19.7 Å². The van der Waals surface area contributed by atoms with Crippen LogP contribution in [-0.4, -0.2) is 21.2 Å². The molecule has 0 aliphatic carbocycles. The van der Waals surface area contributed by atoms with E-state index in [-0.39, 0.29) is 0 Å². The first-order valence-electron chi connectivity index (χ1n) is 6.50. The topological polar surface area (TPSA) is 79.7 Å². The number of pyridine rings is 1. The fourth-order valence-electron chi connectivity index (χ4n) is 2.34. The summed E-state index contributed by atoms with van der Waals surface area (Å²) < 4.78 is 5.11. The minimum Gasteiger partial charge on any atom is -0.505 e. The van der Waals surface area contributed by atoms with Crippen LogP contribution in [0.4, 0.5) is 0 Å². The Bertz CT molecular complexity index is 802. The number of rotatable bonds is 2. The number of carbonyl (C=O) groups excluding carboxylic acids is 1. The van der Waals surface area contributed by atoms with Gasteiger partial charge in [-0.1, -0.05) is 29.8 Å². The Morgan fingerprint density at radius 3 is 2.64 bits per heavy atom. The molecule has 3 rings (SSSR count). The number of aromatic nitrogens is 1. The third kappa shape index (κ3) is 2.19. The number of ether oxygens (including phenoxy) is 1. The highest BCUT2D eigenvalue weighted by molar-refractivity contribution is 6.30. The van der Waals surface area contributed by atoms with Crippen LogP contribution in [0.2, 0.25) is 5.02 Å². The average molecular weight is 318 g/mol. The largest absolute Gasteiger partial charge is 0.505 e. The number of aliphatic hydroxyl groups is 2. The van der Waals surface area contributed by atoms with E-state index in [1.54, 1.807) is 36.5 Å². The molecule has 2 heterocycles. The highest BCUT2D eigenvalue weighted by Gasteiger charge is 2.46. The number of hydrogen-bond donors (Lipinski definition) is 2. The normalized spacial score (nSPS) is 21.1. The van der Waals surface area contributed by atoms with Gasteiger partial charge in [-0.05, 0) is 25.1 Å². The minimum absolute atomic E-state index is 0.506. The molecule has 5 nitrogen and oxygen atoms in total. The first-order chi connectivity index (χ1) is 10.4. The monoisotopic (exact) mass is 317 g/mol. The van der Waals surface area contributed by atoms with E-state index in [9.17, 15) is 15.0 Å². The van der Waals surface area contributed by atoms with Crippen molar-refractivity contribution in [1.82, 2.24) is 4.98 Å². The van der Waals surface area contributed by atoms with Crippen LogP contribution in [0.1, 0.15) is 12.5 Å². The van der Waals surface area contributed by atoms with Crippen molar-refractivity contribution in [3.63, 3.8) is 0 Å². The van der Waals surface area contributed by atoms with Crippen LogP contribution in [0, 0.1) is 0 Å². The lowest BCUT2D eigenvalue weighted by molar-refractivity contribution is -0.149. The van der Waals surface area contributed by atoms with Crippen LogP contribution >= 0.6 is 11.6 Å². The third-order valence-electron chi connectivity index (χ3n) is 3.60. The Morgan fingerprint density at radius 2 is 2.00 bits per heavy atom. The molecule has 1 aromatic heterocycles. The molecule has 1 unspecified atom stereocenters. The van der Waals surface area contributed by atoms with E-state index in [1.165, 1.54) is 6.92 Å². The Hall–Kier alpha value is -2.53. The molecule has 1 aliphatic heterocycles. The van der Waals surface area contributed by atoms with Crippen LogP contribution in [0.3, 0.4) is 0 Å². The highest BCUT2D eigenvalue weighted by atomic mass is 35.5. The van der Waals surface area contributed by atoms with Gasteiger partial charge in [0.1, 0.15) is 0 Å². The molecular formula is C16H12ClNO4. The number of cyclic esters (lactones) is 1. The van der Waals surface area contributed by atoms with Gasteiger partial charge in [0.15, 0.2) is 11.4 Å². The zero-order valence-electron chi connectivity index (χ0n) is 11.6. The van der Waals surface area contributed by atoms with Crippen molar-refractivity contribution in [2.45, 2.75) is 12.5 Å². The maximum absolute atomic E-state index is 11.5. The Kier molecular flexibility index (Phi) is 3.30. The van der Waals surface area contributed by atoms with Crippen LogP contribution in [0.5, 0.6) is 0 Å². The third-order valence-corrected chi connectivity index (χ3v) is 3.83. The van der Waals surface area contributed by atoms with Crippen molar-refractivity contribution >= 4 is 17.6 Å². The predicted octanol–water partition coefficient (Wildman–Crippen LogP) is 3.50. The van der Waals surface area contributed by atoms with E-state index in [0.717, 1.165) is 5.56 Å². The van der Waals surface area contributed by atoms with E-state index in [0.29, 0.717) is 16.3 Å². The van der Waals surface area contributed by atoms with Gasteiger partial charge in [-0.15, -0.1) is 0 Å². The summed E-state index contributed by atoms with van der Waals surface area (Å²) in [5, 5.41) is 20.1. The van der Waals surface area contributed by atoms with Gasteiger partial charge in [-0.2, -0.15) is 0 Å². The number of aliphatic hydroxyl groups excluding tert-OH is 2. The van der Waals surface area contributed by atoms with Gasteiger partial charge >= 0.3 is 5.97 Å². The molecule has 112 valence electrons. The van der Waals surface area contributed by atoms with E-state index in [1.807, 2.05) is 6.07 Å². The summed E-state index contributed by atoms with van der Waals surface area (Å²) in [6.45, 7) is 1.51. The lowest BCUT2D eigenvalue weighted by atomic mass is 9.92. The minimum atomic E-state index is -1.42. The van der Waals surface area contributed by atoms with Crippen molar-refractivity contribution in [2.24, 2.45) is 0 Å². The molecule has 2 N–H and O–H groups in total. The van der Waals surface area contributed by atoms with Gasteiger partial charge in [0.2, 0.25) is 5.76 Å². The Labute approximate surface area is 131 Å². The number of nitrogens with zero attached hydrogens (tertiary/aromatic N) is 1. The summed E-state index contributed by atoms with van der Waals surface area (Å²) in [4.78, 5) is 15.7. The van der Waals surface area contributed by atoms with E-state index in [4.69, 9.17) is 16.3 Å². The molecule has 0 radical (unpaired) electrons. The second kappa shape index (κ2) is 5.03. The summed E-state index contributed by atoms with van der Waals surface area (Å²) in [7, 11) is 0. The van der Waals surface area contributed by atoms with Crippen molar-refractivity contribution in [3.05, 3.63) is 64.7 Å². The molecule has 0 saturated carbocycles. The molecule has 0 spiro atoms. The maximum Gasteiger partial charge on any atom is 0.378 e. The van der Waals surface area contributed by atoms with Crippen molar-refractivity contribution in [3.8, 4) is 11.3 Å². The van der Waals surface area contributed by atoms with Gasteiger partial charge in [0.25, 0.3) is 0 Å². The van der Waals surface area contributed by atoms with E-state index in [2.05, 4.69) is 4.98 Å². The highest BCUT2D eigenvalue weighted by Crippen LogP contribution is 2.39. The molecule has 22 heavy (non-hydrogen) atoms. The lowest BCUT2D eigenvalue weighted by Gasteiger charge is -2.23. The molecule has 1 aliphatic rings. The number of halogens is 1. The average Bonchev–Trinajstić information content (AvgIpc) is 2.72. The summed E-state index contributed by atoms with van der Waals surface area (Å²) >= 11 is 5.96. The molecule has 2 aromatic rings. The van der Waals surface area contributed by atoms with Crippen LogP contribution < -0.4 is 0 Å². The molecule has 0 fully saturated rings. The molecule has 0 bridgehead atoms. The zero-order chi connectivity index (χ0) is 15.9. The van der Waals surface area contributed by atoms with Crippen molar-refractivity contribution in [2.75, 3.05) is 0 Å². The van der Waals surface area contributed by atoms with Crippen LogP contribution in [-0.2, 0) is 15.1 Å². The molecule has 6 heteroatoms.